The molecule has 5 rings (SSSR count). The third kappa shape index (κ3) is 3.82. The van der Waals surface area contributed by atoms with Gasteiger partial charge in [0.25, 0.3) is 0 Å². The van der Waals surface area contributed by atoms with E-state index in [9.17, 15) is 0 Å². The number of likely N-dealkylation sites (N-methyl/N-ethyl adjacent to an activating group) is 1. The van der Waals surface area contributed by atoms with Gasteiger partial charge in [-0.3, -0.25) is 4.90 Å². The van der Waals surface area contributed by atoms with E-state index in [1.165, 1.54) is 0 Å². The Labute approximate surface area is 186 Å². The second-order valence-electron chi connectivity index (χ2n) is 8.03. The normalized spacial score (nSPS) is 15.7. The van der Waals surface area contributed by atoms with Crippen LogP contribution in [0.5, 0.6) is 0 Å². The Morgan fingerprint density at radius 2 is 1.77 bits per heavy atom. The van der Waals surface area contributed by atoms with Crippen LogP contribution in [0.2, 0.25) is 5.02 Å². The number of halogens is 1. The summed E-state index contributed by atoms with van der Waals surface area (Å²) in [6, 6.07) is 12.1. The van der Waals surface area contributed by atoms with E-state index in [1.54, 1.807) is 0 Å². The Morgan fingerprint density at radius 1 is 1.00 bits per heavy atom. The quantitative estimate of drug-likeness (QED) is 0.447. The van der Waals surface area contributed by atoms with E-state index in [-0.39, 0.29) is 0 Å². The smallest absolute Gasteiger partial charge is 0.233 e. The second kappa shape index (κ2) is 8.37. The number of benzene rings is 1. The van der Waals surface area contributed by atoms with Gasteiger partial charge in [0.1, 0.15) is 10.7 Å². The average Bonchev–Trinajstić information content (AvgIpc) is 3.38. The molecule has 0 radical (unpaired) electrons. The monoisotopic (exact) mass is 437 g/mol. The highest BCUT2D eigenvalue weighted by atomic mass is 35.5. The lowest BCUT2D eigenvalue weighted by Gasteiger charge is -2.32. The molecule has 3 aromatic heterocycles. The summed E-state index contributed by atoms with van der Waals surface area (Å²) in [5.74, 6) is 0.595. The highest BCUT2D eigenvalue weighted by Gasteiger charge is 2.23. The molecule has 4 aromatic rings. The fourth-order valence-corrected chi connectivity index (χ4v) is 4.36. The molecular weight excluding hydrogens is 412 g/mol. The number of nitrogens with zero attached hydrogens (tertiary/aromatic N) is 8. The maximum atomic E-state index is 6.93. The van der Waals surface area contributed by atoms with E-state index < -0.39 is 0 Å². The van der Waals surface area contributed by atoms with Gasteiger partial charge in [0.2, 0.25) is 5.82 Å². The van der Waals surface area contributed by atoms with Gasteiger partial charge in [0.15, 0.2) is 18.9 Å². The van der Waals surface area contributed by atoms with Crippen LogP contribution in [0.3, 0.4) is 0 Å². The molecule has 0 bridgehead atoms. The first-order valence-electron chi connectivity index (χ1n) is 10.5. The number of fused-ring (bicyclic) bond motifs is 1. The maximum Gasteiger partial charge on any atom is 0.233 e. The van der Waals surface area contributed by atoms with Crippen LogP contribution in [-0.4, -0.2) is 74.2 Å². The summed E-state index contributed by atoms with van der Waals surface area (Å²) >= 11 is 6.93. The molecule has 8 nitrogen and oxygen atoms in total. The van der Waals surface area contributed by atoms with Crippen molar-refractivity contribution in [1.82, 2.24) is 34.5 Å². The first-order chi connectivity index (χ1) is 15.1. The lowest BCUT2D eigenvalue weighted by atomic mass is 10.1. The number of hydrogen-bond donors (Lipinski definition) is 0. The first-order valence-corrected chi connectivity index (χ1v) is 10.9. The van der Waals surface area contributed by atoms with Crippen LogP contribution >= 0.6 is 11.6 Å². The second-order valence-corrected chi connectivity index (χ2v) is 8.41. The molecule has 0 spiro atoms. The maximum absolute atomic E-state index is 6.93. The van der Waals surface area contributed by atoms with Crippen LogP contribution in [-0.2, 0) is 13.6 Å². The zero-order valence-corrected chi connectivity index (χ0v) is 18.6. The molecule has 1 aromatic carbocycles. The summed E-state index contributed by atoms with van der Waals surface area (Å²) < 4.78 is 5.75. The van der Waals surface area contributed by atoms with Gasteiger partial charge in [-0.05, 0) is 7.05 Å². The Morgan fingerprint density at radius 3 is 2.48 bits per heavy atom. The van der Waals surface area contributed by atoms with Crippen molar-refractivity contribution in [3.8, 4) is 17.1 Å². The lowest BCUT2D eigenvalue weighted by Crippen LogP contribution is -2.45. The first kappa shape index (κ1) is 20.1. The van der Waals surface area contributed by atoms with E-state index in [0.717, 1.165) is 61.6 Å². The summed E-state index contributed by atoms with van der Waals surface area (Å²) in [6.45, 7) is 6.00. The molecule has 160 valence electrons. The van der Waals surface area contributed by atoms with Gasteiger partial charge in [0, 0.05) is 44.4 Å². The van der Waals surface area contributed by atoms with Crippen LogP contribution in [0.15, 0.2) is 48.8 Å². The van der Waals surface area contributed by atoms with Gasteiger partial charge < -0.3 is 4.90 Å². The predicted octanol–water partition coefficient (Wildman–Crippen LogP) is 2.01. The largest absolute Gasteiger partial charge is 0.304 e. The average molecular weight is 438 g/mol. The summed E-state index contributed by atoms with van der Waals surface area (Å²) in [4.78, 5) is 4.83. The van der Waals surface area contributed by atoms with Crippen LogP contribution in [0.25, 0.3) is 28.1 Å². The van der Waals surface area contributed by atoms with Gasteiger partial charge in [-0.2, -0.15) is 5.10 Å². The van der Waals surface area contributed by atoms with Crippen LogP contribution in [0.4, 0.5) is 0 Å². The molecular formula is C22H26ClN8+. The zero-order chi connectivity index (χ0) is 21.4. The molecule has 1 fully saturated rings. The molecule has 9 heteroatoms. The van der Waals surface area contributed by atoms with Crippen molar-refractivity contribution in [3.63, 3.8) is 0 Å². The van der Waals surface area contributed by atoms with Gasteiger partial charge in [0.05, 0.1) is 18.1 Å². The molecule has 4 heterocycles. The summed E-state index contributed by atoms with van der Waals surface area (Å²) in [7, 11) is 4.12. The Balaban J connectivity index is 1.57. The summed E-state index contributed by atoms with van der Waals surface area (Å²) in [6.07, 6.45) is 3.86. The molecule has 0 unspecified atom stereocenters. The van der Waals surface area contributed by atoms with Crippen molar-refractivity contribution in [2.75, 3.05) is 39.8 Å². The molecule has 1 saturated heterocycles. The molecule has 0 aliphatic carbocycles. The standard InChI is InChI=1S/C22H26ClN8/c1-27-11-13-29(14-12-27)15-16-30-21-18(20(26-30)17-7-4-3-5-8-17)19(23)22(25-24-21)31-10-6-9-28(31)2/h3-10H,11-16H2,1-2H3/q+1. The summed E-state index contributed by atoms with van der Waals surface area (Å²) in [5.41, 5.74) is 2.57. The number of hydrogen-bond acceptors (Lipinski definition) is 5. The van der Waals surface area contributed by atoms with Crippen molar-refractivity contribution in [2.24, 2.45) is 7.05 Å². The number of rotatable bonds is 5. The highest BCUT2D eigenvalue weighted by Crippen LogP contribution is 2.34. The lowest BCUT2D eigenvalue weighted by molar-refractivity contribution is -0.744. The van der Waals surface area contributed by atoms with E-state index in [1.807, 2.05) is 57.8 Å². The van der Waals surface area contributed by atoms with Crippen molar-refractivity contribution in [2.45, 2.75) is 6.54 Å². The topological polar surface area (TPSA) is 58.9 Å². The van der Waals surface area contributed by atoms with Crippen LogP contribution < -0.4 is 4.68 Å². The van der Waals surface area contributed by atoms with Gasteiger partial charge >= 0.3 is 0 Å². The minimum absolute atomic E-state index is 0.557. The molecule has 0 N–H and O–H groups in total. The fraction of sp³-hybridized carbons (Fsp3) is 0.364. The highest BCUT2D eigenvalue weighted by molar-refractivity contribution is 6.37. The number of piperazine rings is 1. The van der Waals surface area contributed by atoms with Crippen molar-refractivity contribution in [3.05, 3.63) is 53.8 Å². The number of aryl methyl sites for hydroxylation is 1. The molecule has 1 aliphatic heterocycles. The van der Waals surface area contributed by atoms with E-state index in [0.29, 0.717) is 10.8 Å². The molecule has 0 atom stereocenters. The molecule has 0 amide bonds. The molecule has 31 heavy (non-hydrogen) atoms. The summed E-state index contributed by atoms with van der Waals surface area (Å²) in [5, 5.41) is 15.4. The van der Waals surface area contributed by atoms with Crippen molar-refractivity contribution >= 4 is 22.6 Å². The third-order valence-corrected chi connectivity index (χ3v) is 6.30. The van der Waals surface area contributed by atoms with E-state index in [2.05, 4.69) is 39.2 Å². The molecule has 0 saturated carbocycles. The van der Waals surface area contributed by atoms with Gasteiger partial charge in [-0.25, -0.2) is 4.68 Å². The minimum atomic E-state index is 0.557. The predicted molar refractivity (Wildman–Crippen MR) is 120 cm³/mol. The van der Waals surface area contributed by atoms with Crippen LogP contribution in [0, 0.1) is 0 Å². The van der Waals surface area contributed by atoms with Crippen molar-refractivity contribution < 1.29 is 4.68 Å². The van der Waals surface area contributed by atoms with Gasteiger partial charge in [-0.1, -0.05) is 41.9 Å². The van der Waals surface area contributed by atoms with Gasteiger partial charge in [-0.15, -0.1) is 19.6 Å². The van der Waals surface area contributed by atoms with E-state index >= 15 is 0 Å². The zero-order valence-electron chi connectivity index (χ0n) is 17.8. The fourth-order valence-electron chi connectivity index (χ4n) is 4.06. The van der Waals surface area contributed by atoms with E-state index in [4.69, 9.17) is 16.7 Å². The SMILES string of the molecule is CN1CCN(CCn2nc(-c3ccccc3)c3c(Cl)c(-n4ccc[n+]4C)nnc32)CC1. The van der Waals surface area contributed by atoms with Crippen LogP contribution in [0.1, 0.15) is 0 Å². The third-order valence-electron chi connectivity index (χ3n) is 5.94. The molecule has 1 aliphatic rings. The number of aromatic nitrogens is 6. The van der Waals surface area contributed by atoms with Crippen molar-refractivity contribution in [1.29, 1.82) is 0 Å². The Bertz CT molecular complexity index is 1190. The Hall–Kier alpha value is -2.81. The Kier molecular flexibility index (Phi) is 5.43. The minimum Gasteiger partial charge on any atom is -0.304 e.